The van der Waals surface area contributed by atoms with Crippen molar-refractivity contribution in [3.05, 3.63) is 6.07 Å². The van der Waals surface area contributed by atoms with Gasteiger partial charge in [-0.2, -0.15) is 9.97 Å². The Morgan fingerprint density at radius 3 is 2.69 bits per heavy atom. The average Bonchev–Trinajstić information content (AvgIpc) is 2.24. The van der Waals surface area contributed by atoms with Crippen molar-refractivity contribution in [1.82, 2.24) is 9.97 Å². The first kappa shape index (κ1) is 12.5. The number of methoxy groups -OCH3 is 1. The lowest BCUT2D eigenvalue weighted by molar-refractivity contribution is 0.397. The number of aromatic nitrogens is 2. The molecule has 1 rings (SSSR count). The molecule has 16 heavy (non-hydrogen) atoms. The summed E-state index contributed by atoms with van der Waals surface area (Å²) >= 11 is 0. The van der Waals surface area contributed by atoms with Crippen LogP contribution in [0, 0.1) is 5.92 Å². The molecule has 2 N–H and O–H groups in total. The van der Waals surface area contributed by atoms with E-state index in [1.165, 1.54) is 0 Å². The zero-order valence-electron chi connectivity index (χ0n) is 10.4. The van der Waals surface area contributed by atoms with E-state index in [2.05, 4.69) is 28.7 Å². The van der Waals surface area contributed by atoms with Crippen molar-refractivity contribution in [1.29, 1.82) is 0 Å². The number of nitrogen functional groups attached to an aromatic ring is 1. The number of anilines is 2. The molecule has 0 aliphatic carbocycles. The van der Waals surface area contributed by atoms with Gasteiger partial charge in [0.15, 0.2) is 0 Å². The smallest absolute Gasteiger partial charge is 0.225 e. The Labute approximate surface area is 96.6 Å². The van der Waals surface area contributed by atoms with Crippen molar-refractivity contribution in [2.24, 2.45) is 5.92 Å². The first-order chi connectivity index (χ1) is 7.52. The minimum atomic E-state index is 0.241. The Kier molecular flexibility index (Phi) is 4.34. The number of hydrogen-bond acceptors (Lipinski definition) is 5. The van der Waals surface area contributed by atoms with Gasteiger partial charge in [-0.1, -0.05) is 13.8 Å². The van der Waals surface area contributed by atoms with E-state index >= 15 is 0 Å². The van der Waals surface area contributed by atoms with Gasteiger partial charge in [-0.05, 0) is 12.3 Å². The fraction of sp³-hybridized carbons (Fsp3) is 0.636. The molecule has 0 aliphatic rings. The van der Waals surface area contributed by atoms with Crippen LogP contribution in [-0.4, -0.2) is 30.7 Å². The van der Waals surface area contributed by atoms with Crippen molar-refractivity contribution in [2.45, 2.75) is 20.3 Å². The summed E-state index contributed by atoms with van der Waals surface area (Å²) in [5.74, 6) is 2.21. The first-order valence-corrected chi connectivity index (χ1v) is 5.42. The van der Waals surface area contributed by atoms with E-state index in [0.717, 1.165) is 18.8 Å². The molecule has 1 aromatic heterocycles. The van der Waals surface area contributed by atoms with Gasteiger partial charge in [-0.25, -0.2) is 0 Å². The highest BCUT2D eigenvalue weighted by atomic mass is 16.5. The van der Waals surface area contributed by atoms with E-state index in [1.54, 1.807) is 13.2 Å². The Morgan fingerprint density at radius 1 is 1.44 bits per heavy atom. The molecular weight excluding hydrogens is 204 g/mol. The van der Waals surface area contributed by atoms with Gasteiger partial charge in [-0.3, -0.25) is 0 Å². The quantitative estimate of drug-likeness (QED) is 0.822. The largest absolute Gasteiger partial charge is 0.481 e. The molecule has 0 aromatic carbocycles. The van der Waals surface area contributed by atoms with E-state index in [0.29, 0.717) is 11.8 Å². The van der Waals surface area contributed by atoms with Crippen LogP contribution in [0.5, 0.6) is 5.88 Å². The molecule has 5 nitrogen and oxygen atoms in total. The Morgan fingerprint density at radius 2 is 2.12 bits per heavy atom. The topological polar surface area (TPSA) is 64.3 Å². The lowest BCUT2D eigenvalue weighted by Crippen LogP contribution is -2.21. The van der Waals surface area contributed by atoms with E-state index in [9.17, 15) is 0 Å². The molecule has 1 heterocycles. The van der Waals surface area contributed by atoms with Crippen molar-refractivity contribution in [3.63, 3.8) is 0 Å². The molecule has 5 heteroatoms. The number of nitrogens with zero attached hydrogens (tertiary/aromatic N) is 3. The monoisotopic (exact) mass is 224 g/mol. The molecule has 1 aromatic rings. The van der Waals surface area contributed by atoms with Gasteiger partial charge < -0.3 is 15.4 Å². The zero-order chi connectivity index (χ0) is 12.1. The van der Waals surface area contributed by atoms with Crippen molar-refractivity contribution in [3.8, 4) is 5.88 Å². The Bertz CT molecular complexity index is 341. The summed E-state index contributed by atoms with van der Waals surface area (Å²) in [6.45, 7) is 5.34. The summed E-state index contributed by atoms with van der Waals surface area (Å²) in [5.41, 5.74) is 5.60. The first-order valence-electron chi connectivity index (χ1n) is 5.42. The molecule has 0 atom stereocenters. The summed E-state index contributed by atoms with van der Waals surface area (Å²) < 4.78 is 5.05. The Balaban J connectivity index is 2.74. The summed E-state index contributed by atoms with van der Waals surface area (Å²) in [5, 5.41) is 0. The second-order valence-corrected chi connectivity index (χ2v) is 4.23. The van der Waals surface area contributed by atoms with Crippen molar-refractivity contribution < 1.29 is 4.74 Å². The van der Waals surface area contributed by atoms with Crippen LogP contribution in [0.25, 0.3) is 0 Å². The fourth-order valence-electron chi connectivity index (χ4n) is 1.30. The molecule has 0 aliphatic heterocycles. The standard InChI is InChI=1S/C11H20N4O/c1-8(2)5-6-15(3)9-7-10(16-4)14-11(12)13-9/h7-8H,5-6H2,1-4H3,(H2,12,13,14). The van der Waals surface area contributed by atoms with Crippen LogP contribution >= 0.6 is 0 Å². The van der Waals surface area contributed by atoms with E-state index in [-0.39, 0.29) is 5.95 Å². The molecule has 0 fully saturated rings. The molecule has 0 spiro atoms. The van der Waals surface area contributed by atoms with Gasteiger partial charge >= 0.3 is 0 Å². The summed E-state index contributed by atoms with van der Waals surface area (Å²) in [6.07, 6.45) is 1.11. The predicted octanol–water partition coefficient (Wildman–Crippen LogP) is 1.55. The van der Waals surface area contributed by atoms with Crippen LogP contribution < -0.4 is 15.4 Å². The van der Waals surface area contributed by atoms with Crippen LogP contribution in [0.4, 0.5) is 11.8 Å². The molecule has 0 saturated heterocycles. The van der Waals surface area contributed by atoms with Crippen LogP contribution in [0.2, 0.25) is 0 Å². The predicted molar refractivity (Wildman–Crippen MR) is 65.7 cm³/mol. The van der Waals surface area contributed by atoms with Gasteiger partial charge in [0.25, 0.3) is 0 Å². The highest BCUT2D eigenvalue weighted by Crippen LogP contribution is 2.17. The number of ether oxygens (including phenoxy) is 1. The number of nitrogens with two attached hydrogens (primary N) is 1. The molecule has 90 valence electrons. The number of hydrogen-bond donors (Lipinski definition) is 1. The number of rotatable bonds is 5. The third-order valence-electron chi connectivity index (χ3n) is 2.35. The van der Waals surface area contributed by atoms with Crippen molar-refractivity contribution in [2.75, 3.05) is 31.3 Å². The second kappa shape index (κ2) is 5.53. The minimum absolute atomic E-state index is 0.241. The third-order valence-corrected chi connectivity index (χ3v) is 2.35. The van der Waals surface area contributed by atoms with E-state index in [4.69, 9.17) is 10.5 Å². The average molecular weight is 224 g/mol. The normalized spacial score (nSPS) is 10.6. The van der Waals surface area contributed by atoms with Gasteiger partial charge in [0.2, 0.25) is 11.8 Å². The minimum Gasteiger partial charge on any atom is -0.481 e. The lowest BCUT2D eigenvalue weighted by atomic mass is 10.1. The van der Waals surface area contributed by atoms with E-state index < -0.39 is 0 Å². The van der Waals surface area contributed by atoms with Gasteiger partial charge in [0.05, 0.1) is 7.11 Å². The highest BCUT2D eigenvalue weighted by Gasteiger charge is 2.07. The van der Waals surface area contributed by atoms with Crippen LogP contribution in [0.1, 0.15) is 20.3 Å². The molecule has 0 saturated carbocycles. The third kappa shape index (κ3) is 3.56. The zero-order valence-corrected chi connectivity index (χ0v) is 10.4. The Hall–Kier alpha value is -1.52. The van der Waals surface area contributed by atoms with Gasteiger partial charge in [-0.15, -0.1) is 0 Å². The van der Waals surface area contributed by atoms with Crippen LogP contribution in [-0.2, 0) is 0 Å². The summed E-state index contributed by atoms with van der Waals surface area (Å²) in [4.78, 5) is 10.2. The summed E-state index contributed by atoms with van der Waals surface area (Å²) in [7, 11) is 3.56. The molecule has 0 bridgehead atoms. The highest BCUT2D eigenvalue weighted by molar-refractivity contribution is 5.44. The van der Waals surface area contributed by atoms with E-state index in [1.807, 2.05) is 7.05 Å². The maximum atomic E-state index is 5.60. The molecular formula is C11H20N4O. The second-order valence-electron chi connectivity index (χ2n) is 4.23. The SMILES string of the molecule is COc1cc(N(C)CCC(C)C)nc(N)n1. The molecule has 0 radical (unpaired) electrons. The maximum absolute atomic E-state index is 5.60. The van der Waals surface area contributed by atoms with Crippen LogP contribution in [0.15, 0.2) is 6.07 Å². The molecule has 0 amide bonds. The molecule has 0 unspecified atom stereocenters. The van der Waals surface area contributed by atoms with Crippen molar-refractivity contribution >= 4 is 11.8 Å². The maximum Gasteiger partial charge on any atom is 0.225 e. The fourth-order valence-corrected chi connectivity index (χ4v) is 1.30. The van der Waals surface area contributed by atoms with Crippen LogP contribution in [0.3, 0.4) is 0 Å². The van der Waals surface area contributed by atoms with Gasteiger partial charge in [0.1, 0.15) is 5.82 Å². The lowest BCUT2D eigenvalue weighted by Gasteiger charge is -2.19. The van der Waals surface area contributed by atoms with Gasteiger partial charge in [0, 0.05) is 19.7 Å². The summed E-state index contributed by atoms with van der Waals surface area (Å²) in [6, 6.07) is 1.79.